The van der Waals surface area contributed by atoms with Crippen LogP contribution in [0, 0.1) is 0 Å². The zero-order chi connectivity index (χ0) is 19.9. The number of nitrogens with one attached hydrogen (secondary N) is 1. The number of piperazine rings is 1. The Hall–Kier alpha value is -2.60. The Balaban J connectivity index is 1.68. The molecule has 0 aromatic heterocycles. The highest BCUT2D eigenvalue weighted by molar-refractivity contribution is 5.58. The lowest BCUT2D eigenvalue weighted by Crippen LogP contribution is -3.13. The van der Waals surface area contributed by atoms with Gasteiger partial charge in [0.15, 0.2) is 11.5 Å². The molecule has 1 N–H and O–H groups in total. The van der Waals surface area contributed by atoms with Gasteiger partial charge in [0.05, 0.1) is 65.4 Å². The molecule has 0 spiro atoms. The fraction of sp³-hybridized carbons (Fsp3) is 0.455. The van der Waals surface area contributed by atoms with Gasteiger partial charge in [-0.15, -0.1) is 0 Å². The SMILES string of the molecule is CCOc1ccccc1N1CC[NH+](Cc2ccc(OC)c(OC)c2OC)CC1. The van der Waals surface area contributed by atoms with Crippen LogP contribution in [0.25, 0.3) is 0 Å². The van der Waals surface area contributed by atoms with Gasteiger partial charge in [-0.1, -0.05) is 12.1 Å². The summed E-state index contributed by atoms with van der Waals surface area (Å²) in [5.41, 5.74) is 2.32. The Bertz CT molecular complexity index is 773. The Labute approximate surface area is 167 Å². The summed E-state index contributed by atoms with van der Waals surface area (Å²) in [6, 6.07) is 12.3. The molecule has 0 saturated carbocycles. The molecule has 0 bridgehead atoms. The summed E-state index contributed by atoms with van der Waals surface area (Å²) in [5, 5.41) is 0. The van der Waals surface area contributed by atoms with Gasteiger partial charge in [0.1, 0.15) is 12.3 Å². The van der Waals surface area contributed by atoms with Gasteiger partial charge in [-0.05, 0) is 31.2 Å². The van der Waals surface area contributed by atoms with E-state index in [0.29, 0.717) is 18.1 Å². The van der Waals surface area contributed by atoms with Crippen molar-refractivity contribution in [1.29, 1.82) is 0 Å². The average Bonchev–Trinajstić information content (AvgIpc) is 2.74. The predicted molar refractivity (Wildman–Crippen MR) is 110 cm³/mol. The van der Waals surface area contributed by atoms with Crippen molar-refractivity contribution in [2.45, 2.75) is 13.5 Å². The van der Waals surface area contributed by atoms with Crippen LogP contribution in [-0.2, 0) is 6.54 Å². The fourth-order valence-corrected chi connectivity index (χ4v) is 3.81. The summed E-state index contributed by atoms with van der Waals surface area (Å²) in [4.78, 5) is 3.94. The van der Waals surface area contributed by atoms with Crippen LogP contribution in [0.2, 0.25) is 0 Å². The molecular weight excluding hydrogens is 356 g/mol. The van der Waals surface area contributed by atoms with Crippen LogP contribution in [0.15, 0.2) is 36.4 Å². The van der Waals surface area contributed by atoms with Crippen molar-refractivity contribution in [3.63, 3.8) is 0 Å². The molecule has 1 aliphatic heterocycles. The van der Waals surface area contributed by atoms with Crippen LogP contribution in [0.1, 0.15) is 12.5 Å². The zero-order valence-electron chi connectivity index (χ0n) is 17.3. The minimum Gasteiger partial charge on any atom is -0.493 e. The number of hydrogen-bond acceptors (Lipinski definition) is 5. The van der Waals surface area contributed by atoms with Gasteiger partial charge in [0, 0.05) is 0 Å². The molecule has 0 amide bonds. The van der Waals surface area contributed by atoms with E-state index in [-0.39, 0.29) is 0 Å². The first-order chi connectivity index (χ1) is 13.7. The molecule has 28 heavy (non-hydrogen) atoms. The van der Waals surface area contributed by atoms with Crippen molar-refractivity contribution < 1.29 is 23.8 Å². The third-order valence-electron chi connectivity index (χ3n) is 5.20. The molecule has 2 aromatic carbocycles. The van der Waals surface area contributed by atoms with Gasteiger partial charge in [0.25, 0.3) is 0 Å². The van der Waals surface area contributed by atoms with Crippen LogP contribution in [0.4, 0.5) is 5.69 Å². The average molecular weight is 388 g/mol. The van der Waals surface area contributed by atoms with E-state index >= 15 is 0 Å². The molecule has 1 saturated heterocycles. The van der Waals surface area contributed by atoms with Crippen LogP contribution in [0.5, 0.6) is 23.0 Å². The molecule has 1 heterocycles. The van der Waals surface area contributed by atoms with E-state index in [1.165, 1.54) is 10.6 Å². The molecular formula is C22H31N2O4+. The lowest BCUT2D eigenvalue weighted by atomic mass is 10.1. The van der Waals surface area contributed by atoms with Gasteiger partial charge in [-0.2, -0.15) is 0 Å². The number of benzene rings is 2. The summed E-state index contributed by atoms with van der Waals surface area (Å²) in [6.45, 7) is 7.70. The maximum atomic E-state index is 5.80. The maximum absolute atomic E-state index is 5.80. The van der Waals surface area contributed by atoms with E-state index in [2.05, 4.69) is 23.1 Å². The Morgan fingerprint density at radius 2 is 1.57 bits per heavy atom. The molecule has 6 nitrogen and oxygen atoms in total. The molecule has 2 aromatic rings. The lowest BCUT2D eigenvalue weighted by molar-refractivity contribution is -0.914. The summed E-state index contributed by atoms with van der Waals surface area (Å²) < 4.78 is 22.3. The number of ether oxygens (including phenoxy) is 4. The predicted octanol–water partition coefficient (Wildman–Crippen LogP) is 2.02. The van der Waals surface area contributed by atoms with Crippen molar-refractivity contribution in [2.75, 3.05) is 59.0 Å². The topological polar surface area (TPSA) is 44.6 Å². The molecule has 1 aliphatic rings. The number of rotatable bonds is 8. The third kappa shape index (κ3) is 4.28. The highest BCUT2D eigenvalue weighted by Gasteiger charge is 2.25. The first kappa shape index (κ1) is 20.1. The summed E-state index contributed by atoms with van der Waals surface area (Å²) >= 11 is 0. The quantitative estimate of drug-likeness (QED) is 0.751. The van der Waals surface area contributed by atoms with Gasteiger partial charge < -0.3 is 28.7 Å². The van der Waals surface area contributed by atoms with Crippen molar-refractivity contribution >= 4 is 5.69 Å². The second-order valence-electron chi connectivity index (χ2n) is 6.81. The number of anilines is 1. The minimum absolute atomic E-state index is 0.658. The largest absolute Gasteiger partial charge is 0.493 e. The monoisotopic (exact) mass is 387 g/mol. The molecule has 1 fully saturated rings. The molecule has 0 atom stereocenters. The second-order valence-corrected chi connectivity index (χ2v) is 6.81. The maximum Gasteiger partial charge on any atom is 0.203 e. The van der Waals surface area contributed by atoms with E-state index in [9.17, 15) is 0 Å². The van der Waals surface area contributed by atoms with Gasteiger partial charge in [-0.25, -0.2) is 0 Å². The van der Waals surface area contributed by atoms with Crippen LogP contribution >= 0.6 is 0 Å². The Morgan fingerprint density at radius 1 is 0.857 bits per heavy atom. The van der Waals surface area contributed by atoms with Crippen molar-refractivity contribution in [3.05, 3.63) is 42.0 Å². The number of hydrogen-bond donors (Lipinski definition) is 1. The van der Waals surface area contributed by atoms with Crippen molar-refractivity contribution in [3.8, 4) is 23.0 Å². The third-order valence-corrected chi connectivity index (χ3v) is 5.20. The number of methoxy groups -OCH3 is 3. The van der Waals surface area contributed by atoms with Crippen molar-refractivity contribution in [2.24, 2.45) is 0 Å². The number of quaternary nitrogens is 1. The summed E-state index contributed by atoms with van der Waals surface area (Å²) in [5.74, 6) is 3.08. The first-order valence-corrected chi connectivity index (χ1v) is 9.80. The summed E-state index contributed by atoms with van der Waals surface area (Å²) in [7, 11) is 4.96. The van der Waals surface area contributed by atoms with Crippen LogP contribution in [0.3, 0.4) is 0 Å². The van der Waals surface area contributed by atoms with E-state index in [4.69, 9.17) is 18.9 Å². The van der Waals surface area contributed by atoms with E-state index in [1.54, 1.807) is 21.3 Å². The molecule has 6 heteroatoms. The second kappa shape index (κ2) is 9.55. The highest BCUT2D eigenvalue weighted by atomic mass is 16.5. The molecule has 0 unspecified atom stereocenters. The lowest BCUT2D eigenvalue weighted by Gasteiger charge is -2.34. The van der Waals surface area contributed by atoms with E-state index in [0.717, 1.165) is 49.8 Å². The normalized spacial score (nSPS) is 14.6. The van der Waals surface area contributed by atoms with E-state index in [1.807, 2.05) is 25.1 Å². The minimum atomic E-state index is 0.658. The van der Waals surface area contributed by atoms with Gasteiger partial charge in [0.2, 0.25) is 5.75 Å². The van der Waals surface area contributed by atoms with Gasteiger partial charge >= 0.3 is 0 Å². The number of nitrogens with zero attached hydrogens (tertiary/aromatic N) is 1. The van der Waals surface area contributed by atoms with Crippen LogP contribution in [-0.4, -0.2) is 54.1 Å². The fourth-order valence-electron chi connectivity index (χ4n) is 3.81. The highest BCUT2D eigenvalue weighted by Crippen LogP contribution is 2.39. The zero-order valence-corrected chi connectivity index (χ0v) is 17.3. The number of para-hydroxylation sites is 2. The summed E-state index contributed by atoms with van der Waals surface area (Å²) in [6.07, 6.45) is 0. The van der Waals surface area contributed by atoms with Crippen LogP contribution < -0.4 is 28.7 Å². The standard InChI is InChI=1S/C22H30N2O4/c1-5-28-19-9-7-6-8-18(19)24-14-12-23(13-15-24)16-17-10-11-20(25-2)22(27-4)21(17)26-3/h6-11H,5,12-16H2,1-4H3/p+1. The van der Waals surface area contributed by atoms with Crippen molar-refractivity contribution in [1.82, 2.24) is 0 Å². The molecule has 152 valence electrons. The Morgan fingerprint density at radius 3 is 2.21 bits per heavy atom. The molecule has 0 radical (unpaired) electrons. The molecule has 3 rings (SSSR count). The smallest absolute Gasteiger partial charge is 0.203 e. The van der Waals surface area contributed by atoms with Gasteiger partial charge in [-0.3, -0.25) is 0 Å². The first-order valence-electron chi connectivity index (χ1n) is 9.80. The molecule has 0 aliphatic carbocycles. The Kier molecular flexibility index (Phi) is 6.87. The van der Waals surface area contributed by atoms with E-state index < -0.39 is 0 Å².